The molecule has 0 atom stereocenters. The molecule has 162 valence electrons. The Morgan fingerprint density at radius 1 is 1.03 bits per heavy atom. The molecule has 2 aromatic heterocycles. The Morgan fingerprint density at radius 3 is 2.45 bits per heavy atom. The summed E-state index contributed by atoms with van der Waals surface area (Å²) < 4.78 is 0. The minimum atomic E-state index is 0.141. The zero-order chi connectivity index (χ0) is 21.6. The predicted octanol–water partition coefficient (Wildman–Crippen LogP) is 3.22. The summed E-state index contributed by atoms with van der Waals surface area (Å²) in [7, 11) is 0. The molecule has 31 heavy (non-hydrogen) atoms. The third-order valence-corrected chi connectivity index (χ3v) is 6.18. The van der Waals surface area contributed by atoms with Crippen LogP contribution >= 0.6 is 11.3 Å². The summed E-state index contributed by atoms with van der Waals surface area (Å²) in [6.45, 7) is 8.31. The number of benzene rings is 1. The standard InChI is InChI=1S/C23H28N6OS/c1-17-14-18(2)25-22(24-17)27-23-26-20(16-31-23)15-21(30)29-12-10-28(11-13-29)9-8-19-6-4-3-5-7-19/h3-7,14,16H,8-13,15H2,1-2H3,(H,24,25,26,27). The van der Waals surface area contributed by atoms with E-state index in [-0.39, 0.29) is 5.91 Å². The van der Waals surface area contributed by atoms with E-state index in [0.717, 1.165) is 56.2 Å². The van der Waals surface area contributed by atoms with E-state index in [1.54, 1.807) is 0 Å². The summed E-state index contributed by atoms with van der Waals surface area (Å²) in [5, 5.41) is 5.78. The average Bonchev–Trinajstić information content (AvgIpc) is 3.19. The number of carbonyl (C=O) groups excluding carboxylic acids is 1. The number of carbonyl (C=O) groups is 1. The smallest absolute Gasteiger partial charge is 0.229 e. The lowest BCUT2D eigenvalue weighted by Crippen LogP contribution is -2.49. The van der Waals surface area contributed by atoms with Crippen LogP contribution in [0.5, 0.6) is 0 Å². The van der Waals surface area contributed by atoms with Crippen LogP contribution in [-0.2, 0) is 17.6 Å². The van der Waals surface area contributed by atoms with Gasteiger partial charge in [-0.15, -0.1) is 11.3 Å². The van der Waals surface area contributed by atoms with Gasteiger partial charge in [-0.3, -0.25) is 9.69 Å². The number of aromatic nitrogens is 3. The quantitative estimate of drug-likeness (QED) is 0.613. The van der Waals surface area contributed by atoms with Crippen LogP contribution in [0.4, 0.5) is 11.1 Å². The van der Waals surface area contributed by atoms with Crippen molar-refractivity contribution in [3.05, 3.63) is 64.4 Å². The normalized spacial score (nSPS) is 14.6. The summed E-state index contributed by atoms with van der Waals surface area (Å²) in [5.74, 6) is 0.679. The number of rotatable bonds is 7. The van der Waals surface area contributed by atoms with E-state index in [1.165, 1.54) is 16.9 Å². The van der Waals surface area contributed by atoms with Gasteiger partial charge in [-0.1, -0.05) is 30.3 Å². The van der Waals surface area contributed by atoms with E-state index in [2.05, 4.69) is 49.4 Å². The van der Waals surface area contributed by atoms with Gasteiger partial charge in [0.25, 0.3) is 0 Å². The third-order valence-electron chi connectivity index (χ3n) is 5.37. The lowest BCUT2D eigenvalue weighted by molar-refractivity contribution is -0.132. The maximum absolute atomic E-state index is 12.7. The third kappa shape index (κ3) is 6.08. The molecule has 1 saturated heterocycles. The molecule has 1 fully saturated rings. The molecule has 0 aliphatic carbocycles. The minimum Gasteiger partial charge on any atom is -0.340 e. The van der Waals surface area contributed by atoms with Crippen molar-refractivity contribution in [1.82, 2.24) is 24.8 Å². The molecule has 3 aromatic rings. The van der Waals surface area contributed by atoms with Gasteiger partial charge in [-0.05, 0) is 31.9 Å². The summed E-state index contributed by atoms with van der Waals surface area (Å²) in [4.78, 5) is 30.4. The molecule has 1 aliphatic rings. The molecule has 0 unspecified atom stereocenters. The first kappa shape index (κ1) is 21.4. The van der Waals surface area contributed by atoms with Crippen molar-refractivity contribution in [2.75, 3.05) is 38.0 Å². The minimum absolute atomic E-state index is 0.141. The van der Waals surface area contributed by atoms with Gasteiger partial charge in [-0.2, -0.15) is 0 Å². The Morgan fingerprint density at radius 2 is 1.74 bits per heavy atom. The van der Waals surface area contributed by atoms with Gasteiger partial charge < -0.3 is 10.2 Å². The molecule has 0 bridgehead atoms. The predicted molar refractivity (Wildman–Crippen MR) is 124 cm³/mol. The Labute approximate surface area is 187 Å². The Balaban J connectivity index is 1.24. The lowest BCUT2D eigenvalue weighted by Gasteiger charge is -2.34. The summed E-state index contributed by atoms with van der Waals surface area (Å²) in [6, 6.07) is 12.5. The van der Waals surface area contributed by atoms with Crippen molar-refractivity contribution >= 4 is 28.3 Å². The first-order valence-electron chi connectivity index (χ1n) is 10.6. The molecule has 0 spiro atoms. The first-order chi connectivity index (χ1) is 15.0. The number of piperazine rings is 1. The fraction of sp³-hybridized carbons (Fsp3) is 0.391. The van der Waals surface area contributed by atoms with Crippen LogP contribution in [0.15, 0.2) is 41.8 Å². The van der Waals surface area contributed by atoms with E-state index in [4.69, 9.17) is 0 Å². The second kappa shape index (κ2) is 9.98. The molecule has 7 nitrogen and oxygen atoms in total. The largest absolute Gasteiger partial charge is 0.340 e. The molecule has 1 N–H and O–H groups in total. The molecule has 4 rings (SSSR count). The lowest BCUT2D eigenvalue weighted by atomic mass is 10.1. The molecule has 0 radical (unpaired) electrons. The highest BCUT2D eigenvalue weighted by Crippen LogP contribution is 2.20. The van der Waals surface area contributed by atoms with Crippen molar-refractivity contribution < 1.29 is 4.79 Å². The SMILES string of the molecule is Cc1cc(C)nc(Nc2nc(CC(=O)N3CCN(CCc4ccccc4)CC3)cs2)n1. The Hall–Kier alpha value is -2.84. The van der Waals surface area contributed by atoms with Crippen molar-refractivity contribution in [2.45, 2.75) is 26.7 Å². The number of anilines is 2. The highest BCUT2D eigenvalue weighted by atomic mass is 32.1. The van der Waals surface area contributed by atoms with Crippen molar-refractivity contribution in [3.63, 3.8) is 0 Å². The Kier molecular flexibility index (Phi) is 6.89. The Bertz CT molecular complexity index is 994. The van der Waals surface area contributed by atoms with Gasteiger partial charge in [0, 0.05) is 49.5 Å². The fourth-order valence-electron chi connectivity index (χ4n) is 3.74. The summed E-state index contributed by atoms with van der Waals surface area (Å²) >= 11 is 1.47. The van der Waals surface area contributed by atoms with Gasteiger partial charge in [0.2, 0.25) is 11.9 Å². The van der Waals surface area contributed by atoms with Crippen LogP contribution in [0.3, 0.4) is 0 Å². The van der Waals surface area contributed by atoms with Crippen LogP contribution in [0, 0.1) is 13.8 Å². The molecule has 3 heterocycles. The van der Waals surface area contributed by atoms with E-state index in [1.807, 2.05) is 36.3 Å². The highest BCUT2D eigenvalue weighted by Gasteiger charge is 2.21. The van der Waals surface area contributed by atoms with Gasteiger partial charge >= 0.3 is 0 Å². The molecular weight excluding hydrogens is 408 g/mol. The topological polar surface area (TPSA) is 74.2 Å². The molecule has 1 aromatic carbocycles. The van der Waals surface area contributed by atoms with E-state index < -0.39 is 0 Å². The summed E-state index contributed by atoms with van der Waals surface area (Å²) in [6.07, 6.45) is 1.38. The first-order valence-corrected chi connectivity index (χ1v) is 11.5. The maximum atomic E-state index is 12.7. The average molecular weight is 437 g/mol. The number of hydrogen-bond acceptors (Lipinski definition) is 7. The van der Waals surface area contributed by atoms with Crippen molar-refractivity contribution in [3.8, 4) is 0 Å². The zero-order valence-corrected chi connectivity index (χ0v) is 18.9. The van der Waals surface area contributed by atoms with Crippen molar-refractivity contribution in [2.24, 2.45) is 0 Å². The molecule has 1 amide bonds. The monoisotopic (exact) mass is 436 g/mol. The van der Waals surface area contributed by atoms with Crippen LogP contribution < -0.4 is 5.32 Å². The summed E-state index contributed by atoms with van der Waals surface area (Å²) in [5.41, 5.74) is 3.96. The second-order valence-corrected chi connectivity index (χ2v) is 8.74. The fourth-order valence-corrected chi connectivity index (χ4v) is 4.45. The van der Waals surface area contributed by atoms with Gasteiger partial charge in [-0.25, -0.2) is 15.0 Å². The van der Waals surface area contributed by atoms with E-state index in [0.29, 0.717) is 17.5 Å². The van der Waals surface area contributed by atoms with Crippen LogP contribution in [0.25, 0.3) is 0 Å². The van der Waals surface area contributed by atoms with Crippen molar-refractivity contribution in [1.29, 1.82) is 0 Å². The molecule has 1 aliphatic heterocycles. The number of thiazole rings is 1. The number of hydrogen-bond donors (Lipinski definition) is 1. The maximum Gasteiger partial charge on any atom is 0.229 e. The highest BCUT2D eigenvalue weighted by molar-refractivity contribution is 7.13. The second-order valence-electron chi connectivity index (χ2n) is 7.88. The van der Waals surface area contributed by atoms with E-state index >= 15 is 0 Å². The number of aryl methyl sites for hydroxylation is 2. The van der Waals surface area contributed by atoms with Gasteiger partial charge in [0.15, 0.2) is 5.13 Å². The number of nitrogens with zero attached hydrogens (tertiary/aromatic N) is 5. The molecular formula is C23H28N6OS. The zero-order valence-electron chi connectivity index (χ0n) is 18.0. The van der Waals surface area contributed by atoms with Crippen LogP contribution in [0.2, 0.25) is 0 Å². The van der Waals surface area contributed by atoms with Gasteiger partial charge in [0.1, 0.15) is 0 Å². The van der Waals surface area contributed by atoms with Crippen LogP contribution in [-0.4, -0.2) is 63.4 Å². The number of nitrogens with one attached hydrogen (secondary N) is 1. The number of amides is 1. The van der Waals surface area contributed by atoms with E-state index in [9.17, 15) is 4.79 Å². The van der Waals surface area contributed by atoms with Gasteiger partial charge in [0.05, 0.1) is 12.1 Å². The van der Waals surface area contributed by atoms with Crippen LogP contribution in [0.1, 0.15) is 22.6 Å². The molecule has 8 heteroatoms. The molecule has 0 saturated carbocycles.